The van der Waals surface area contributed by atoms with Crippen LogP contribution < -0.4 is 15.0 Å². The Morgan fingerprint density at radius 2 is 1.78 bits per heavy atom. The van der Waals surface area contributed by atoms with Crippen LogP contribution in [0.25, 0.3) is 11.0 Å². The van der Waals surface area contributed by atoms with E-state index in [0.29, 0.717) is 5.41 Å². The van der Waals surface area contributed by atoms with Gasteiger partial charge in [0.2, 0.25) is 0 Å². The van der Waals surface area contributed by atoms with Crippen LogP contribution in [0.15, 0.2) is 54.7 Å². The summed E-state index contributed by atoms with van der Waals surface area (Å²) in [6, 6.07) is 16.9. The zero-order valence-corrected chi connectivity index (χ0v) is 21.9. The van der Waals surface area contributed by atoms with Gasteiger partial charge in [0.15, 0.2) is 0 Å². The molecule has 0 bridgehead atoms. The number of anilines is 1. The van der Waals surface area contributed by atoms with Gasteiger partial charge in [-0.15, -0.1) is 0 Å². The average Bonchev–Trinajstić information content (AvgIpc) is 2.85. The third-order valence-electron chi connectivity index (χ3n) is 8.27. The van der Waals surface area contributed by atoms with Gasteiger partial charge in [0.25, 0.3) is 0 Å². The van der Waals surface area contributed by atoms with Gasteiger partial charge in [0.1, 0.15) is 11.6 Å². The molecule has 8 heteroatoms. The summed E-state index contributed by atoms with van der Waals surface area (Å²) >= 11 is 0. The summed E-state index contributed by atoms with van der Waals surface area (Å²) in [5.74, 6) is 1.62. The Bertz CT molecular complexity index is 1260. The standard InChI is InChI=1S/C29H36N6O2/c1-20-15-34(27-14-30-26-11-24(37-3)9-10-25(26)32-27)16-21(2)35(20)28(36)31-23-12-29(13-23)18-33(19-29)17-22-7-5-4-6-8-22/h4-11,14,20-21,23H,12-13,15-19H2,1-3H3,(H,31,36)/t20-,21-/m1/s1. The number of likely N-dealkylation sites (tertiary alicyclic amines) is 1. The van der Waals surface area contributed by atoms with Crippen LogP contribution in [0.1, 0.15) is 32.3 Å². The van der Waals surface area contributed by atoms with Crippen LogP contribution in [0.3, 0.4) is 0 Å². The number of carbonyl (C=O) groups excluding carboxylic acids is 1. The fraction of sp³-hybridized carbons (Fsp3) is 0.483. The molecule has 2 atom stereocenters. The highest BCUT2D eigenvalue weighted by atomic mass is 16.5. The Balaban J connectivity index is 1.01. The summed E-state index contributed by atoms with van der Waals surface area (Å²) in [7, 11) is 1.65. The first-order valence-corrected chi connectivity index (χ1v) is 13.3. The second-order valence-corrected chi connectivity index (χ2v) is 11.3. The first-order valence-electron chi connectivity index (χ1n) is 13.3. The Morgan fingerprint density at radius 3 is 2.49 bits per heavy atom. The molecule has 3 aliphatic rings. The normalized spacial score (nSPS) is 23.5. The molecule has 0 unspecified atom stereocenters. The number of amides is 2. The molecule has 2 aliphatic heterocycles. The zero-order chi connectivity index (χ0) is 25.6. The highest BCUT2D eigenvalue weighted by Crippen LogP contribution is 2.48. The van der Waals surface area contributed by atoms with Crippen molar-refractivity contribution in [2.75, 3.05) is 38.2 Å². The number of hydrogen-bond acceptors (Lipinski definition) is 6. The topological polar surface area (TPSA) is 73.8 Å². The highest BCUT2D eigenvalue weighted by molar-refractivity contribution is 5.78. The summed E-state index contributed by atoms with van der Waals surface area (Å²) in [6.45, 7) is 9.01. The number of urea groups is 1. The number of rotatable bonds is 5. The number of aromatic nitrogens is 2. The number of ether oxygens (including phenoxy) is 1. The van der Waals surface area contributed by atoms with Crippen molar-refractivity contribution in [3.8, 4) is 5.75 Å². The summed E-state index contributed by atoms with van der Waals surface area (Å²) < 4.78 is 5.29. The van der Waals surface area contributed by atoms with E-state index >= 15 is 0 Å². The molecule has 2 amide bonds. The average molecular weight is 501 g/mol. The molecule has 1 N–H and O–H groups in total. The molecule has 1 aliphatic carbocycles. The van der Waals surface area contributed by atoms with Crippen LogP contribution in [-0.2, 0) is 6.54 Å². The minimum atomic E-state index is 0.0663. The minimum absolute atomic E-state index is 0.0663. The lowest BCUT2D eigenvalue weighted by Crippen LogP contribution is -2.68. The molecule has 0 radical (unpaired) electrons. The van der Waals surface area contributed by atoms with E-state index in [1.807, 2.05) is 29.3 Å². The number of nitrogens with zero attached hydrogens (tertiary/aromatic N) is 5. The predicted octanol–water partition coefficient (Wildman–Crippen LogP) is 3.91. The van der Waals surface area contributed by atoms with Crippen molar-refractivity contribution >= 4 is 22.9 Å². The van der Waals surface area contributed by atoms with Gasteiger partial charge < -0.3 is 19.9 Å². The van der Waals surface area contributed by atoms with Crippen LogP contribution in [0.5, 0.6) is 5.75 Å². The maximum absolute atomic E-state index is 13.3. The highest BCUT2D eigenvalue weighted by Gasteiger charge is 2.52. The van der Waals surface area contributed by atoms with E-state index in [1.165, 1.54) is 5.56 Å². The predicted molar refractivity (Wildman–Crippen MR) is 145 cm³/mol. The van der Waals surface area contributed by atoms with Crippen molar-refractivity contribution in [2.24, 2.45) is 5.41 Å². The molecule has 6 rings (SSSR count). The van der Waals surface area contributed by atoms with Gasteiger partial charge in [0, 0.05) is 56.9 Å². The molecule has 1 spiro atoms. The number of methoxy groups -OCH3 is 1. The molecule has 194 valence electrons. The van der Waals surface area contributed by atoms with E-state index in [4.69, 9.17) is 9.72 Å². The number of fused-ring (bicyclic) bond motifs is 1. The lowest BCUT2D eigenvalue weighted by Gasteiger charge is -2.59. The summed E-state index contributed by atoms with van der Waals surface area (Å²) in [5.41, 5.74) is 3.44. The SMILES string of the molecule is COc1ccc2nc(N3C[C@@H](C)N(C(=O)NC4CC5(C4)CN(Cc4ccccc4)C5)[C@H](C)C3)cnc2c1. The molecular formula is C29H36N6O2. The van der Waals surface area contributed by atoms with Gasteiger partial charge in [-0.25, -0.2) is 9.78 Å². The van der Waals surface area contributed by atoms with Gasteiger partial charge in [0.05, 0.1) is 24.3 Å². The molecule has 37 heavy (non-hydrogen) atoms. The minimum Gasteiger partial charge on any atom is -0.497 e. The maximum atomic E-state index is 13.3. The molecule has 3 fully saturated rings. The van der Waals surface area contributed by atoms with E-state index in [0.717, 1.165) is 68.2 Å². The van der Waals surface area contributed by atoms with Crippen molar-refractivity contribution in [1.82, 2.24) is 25.1 Å². The number of benzene rings is 2. The smallest absolute Gasteiger partial charge is 0.318 e. The van der Waals surface area contributed by atoms with Crippen LogP contribution in [0, 0.1) is 5.41 Å². The second-order valence-electron chi connectivity index (χ2n) is 11.3. The van der Waals surface area contributed by atoms with E-state index in [9.17, 15) is 4.79 Å². The Kier molecular flexibility index (Phi) is 6.15. The monoisotopic (exact) mass is 500 g/mol. The van der Waals surface area contributed by atoms with E-state index in [-0.39, 0.29) is 24.2 Å². The zero-order valence-electron chi connectivity index (χ0n) is 21.9. The third kappa shape index (κ3) is 4.70. The van der Waals surface area contributed by atoms with Gasteiger partial charge in [-0.2, -0.15) is 0 Å². The fourth-order valence-corrected chi connectivity index (χ4v) is 6.62. The first kappa shape index (κ1) is 24.0. The number of carbonyl (C=O) groups is 1. The van der Waals surface area contributed by atoms with Crippen LogP contribution in [-0.4, -0.2) is 77.2 Å². The van der Waals surface area contributed by atoms with Crippen molar-refractivity contribution in [1.29, 1.82) is 0 Å². The molecule has 3 aromatic rings. The largest absolute Gasteiger partial charge is 0.497 e. The van der Waals surface area contributed by atoms with E-state index in [2.05, 4.69) is 64.3 Å². The summed E-state index contributed by atoms with van der Waals surface area (Å²) in [5, 5.41) is 3.33. The quantitative estimate of drug-likeness (QED) is 0.573. The molecule has 1 saturated carbocycles. The van der Waals surface area contributed by atoms with E-state index < -0.39 is 0 Å². The molecule has 3 heterocycles. The van der Waals surface area contributed by atoms with Crippen molar-refractivity contribution in [2.45, 2.75) is 51.4 Å². The third-order valence-corrected chi connectivity index (χ3v) is 8.27. The van der Waals surface area contributed by atoms with Crippen LogP contribution >= 0.6 is 0 Å². The lowest BCUT2D eigenvalue weighted by atomic mass is 9.60. The Morgan fingerprint density at radius 1 is 1.05 bits per heavy atom. The molecule has 2 aromatic carbocycles. The lowest BCUT2D eigenvalue weighted by molar-refractivity contribution is -0.0812. The number of nitrogens with one attached hydrogen (secondary N) is 1. The molecule has 2 saturated heterocycles. The van der Waals surface area contributed by atoms with Gasteiger partial charge >= 0.3 is 6.03 Å². The van der Waals surface area contributed by atoms with Crippen molar-refractivity contribution < 1.29 is 9.53 Å². The Labute approximate surface area is 218 Å². The van der Waals surface area contributed by atoms with Crippen molar-refractivity contribution in [3.63, 3.8) is 0 Å². The van der Waals surface area contributed by atoms with Crippen molar-refractivity contribution in [3.05, 3.63) is 60.3 Å². The summed E-state index contributed by atoms with van der Waals surface area (Å²) in [4.78, 5) is 29.5. The van der Waals surface area contributed by atoms with Gasteiger partial charge in [-0.3, -0.25) is 9.88 Å². The number of hydrogen-bond donors (Lipinski definition) is 1. The maximum Gasteiger partial charge on any atom is 0.318 e. The fourth-order valence-electron chi connectivity index (χ4n) is 6.62. The Hall–Kier alpha value is -3.39. The number of piperazine rings is 1. The molecular weight excluding hydrogens is 464 g/mol. The molecule has 1 aromatic heterocycles. The van der Waals surface area contributed by atoms with Crippen LogP contribution in [0.4, 0.5) is 10.6 Å². The molecule has 8 nitrogen and oxygen atoms in total. The van der Waals surface area contributed by atoms with Crippen LogP contribution in [0.2, 0.25) is 0 Å². The summed E-state index contributed by atoms with van der Waals surface area (Å²) in [6.07, 6.45) is 4.00. The van der Waals surface area contributed by atoms with Gasteiger partial charge in [-0.05, 0) is 49.8 Å². The first-order chi connectivity index (χ1) is 17.9. The second kappa shape index (κ2) is 9.49. The van der Waals surface area contributed by atoms with E-state index in [1.54, 1.807) is 7.11 Å². The van der Waals surface area contributed by atoms with Gasteiger partial charge in [-0.1, -0.05) is 30.3 Å².